The number of aldehydes is 1. The highest BCUT2D eigenvalue weighted by Gasteiger charge is 2.52. The van der Waals surface area contributed by atoms with Crippen LogP contribution < -0.4 is 4.90 Å². The predicted molar refractivity (Wildman–Crippen MR) is 55.8 cm³/mol. The second-order valence-corrected chi connectivity index (χ2v) is 4.26. The zero-order valence-corrected chi connectivity index (χ0v) is 8.22. The lowest BCUT2D eigenvalue weighted by molar-refractivity contribution is -0.118. The van der Waals surface area contributed by atoms with Crippen LogP contribution in [0.15, 0.2) is 24.3 Å². The van der Waals surface area contributed by atoms with Gasteiger partial charge in [0.2, 0.25) is 5.91 Å². The number of fused-ring (bicyclic) bond motifs is 1. The third-order valence-electron chi connectivity index (χ3n) is 3.26. The second kappa shape index (κ2) is 2.92. The molecule has 76 valence electrons. The topological polar surface area (TPSA) is 37.4 Å². The molecule has 2 fully saturated rings. The van der Waals surface area contributed by atoms with E-state index in [9.17, 15) is 9.59 Å². The SMILES string of the molecule is O=Cc1ccc(N2CC3CC3C2=O)cc1. The third kappa shape index (κ3) is 1.27. The molecule has 2 unspecified atom stereocenters. The van der Waals surface area contributed by atoms with E-state index < -0.39 is 0 Å². The molecule has 3 heteroatoms. The Morgan fingerprint density at radius 2 is 2.00 bits per heavy atom. The Morgan fingerprint density at radius 3 is 2.53 bits per heavy atom. The molecule has 1 saturated heterocycles. The van der Waals surface area contributed by atoms with Crippen LogP contribution in [0.4, 0.5) is 5.69 Å². The van der Waals surface area contributed by atoms with Gasteiger partial charge in [0.25, 0.3) is 0 Å². The quantitative estimate of drug-likeness (QED) is 0.680. The molecule has 0 radical (unpaired) electrons. The maximum atomic E-state index is 11.8. The molecule has 15 heavy (non-hydrogen) atoms. The van der Waals surface area contributed by atoms with Crippen LogP contribution in [0.5, 0.6) is 0 Å². The monoisotopic (exact) mass is 201 g/mol. The molecule has 3 rings (SSSR count). The van der Waals surface area contributed by atoms with Crippen LogP contribution in [-0.4, -0.2) is 18.7 Å². The van der Waals surface area contributed by atoms with Crippen LogP contribution in [0.3, 0.4) is 0 Å². The van der Waals surface area contributed by atoms with E-state index in [1.807, 2.05) is 17.0 Å². The van der Waals surface area contributed by atoms with Gasteiger partial charge in [0.15, 0.2) is 0 Å². The van der Waals surface area contributed by atoms with Crippen molar-refractivity contribution in [1.29, 1.82) is 0 Å². The van der Waals surface area contributed by atoms with Gasteiger partial charge in [0.05, 0.1) is 0 Å². The first-order chi connectivity index (χ1) is 7.29. The van der Waals surface area contributed by atoms with Gasteiger partial charge in [-0.15, -0.1) is 0 Å². The molecule has 3 nitrogen and oxygen atoms in total. The van der Waals surface area contributed by atoms with Crippen molar-refractivity contribution >= 4 is 17.9 Å². The molecule has 0 aromatic heterocycles. The molecular weight excluding hydrogens is 190 g/mol. The molecular formula is C12H11NO2. The van der Waals surface area contributed by atoms with E-state index in [-0.39, 0.29) is 11.8 Å². The lowest BCUT2D eigenvalue weighted by Crippen LogP contribution is -2.27. The molecule has 1 aromatic carbocycles. The van der Waals surface area contributed by atoms with Crippen molar-refractivity contribution in [3.05, 3.63) is 29.8 Å². The Hall–Kier alpha value is -1.64. The smallest absolute Gasteiger partial charge is 0.230 e. The largest absolute Gasteiger partial charge is 0.312 e. The minimum absolute atomic E-state index is 0.249. The van der Waals surface area contributed by atoms with E-state index >= 15 is 0 Å². The number of hydrogen-bond donors (Lipinski definition) is 0. The molecule has 2 atom stereocenters. The fraction of sp³-hybridized carbons (Fsp3) is 0.333. The highest BCUT2D eigenvalue weighted by Crippen LogP contribution is 2.47. The number of nitrogens with zero attached hydrogens (tertiary/aromatic N) is 1. The van der Waals surface area contributed by atoms with Crippen LogP contribution in [0, 0.1) is 11.8 Å². The lowest BCUT2D eigenvalue weighted by atomic mass is 10.2. The summed E-state index contributed by atoms with van der Waals surface area (Å²) in [7, 11) is 0. The van der Waals surface area contributed by atoms with Crippen molar-refractivity contribution in [2.24, 2.45) is 11.8 Å². The van der Waals surface area contributed by atoms with Crippen LogP contribution in [0.25, 0.3) is 0 Å². The van der Waals surface area contributed by atoms with Gasteiger partial charge in [-0.1, -0.05) is 0 Å². The van der Waals surface area contributed by atoms with Gasteiger partial charge in [-0.05, 0) is 36.6 Å². The van der Waals surface area contributed by atoms with Crippen molar-refractivity contribution in [3.8, 4) is 0 Å². The second-order valence-electron chi connectivity index (χ2n) is 4.26. The molecule has 0 N–H and O–H groups in total. The average molecular weight is 201 g/mol. The van der Waals surface area contributed by atoms with E-state index in [2.05, 4.69) is 0 Å². The van der Waals surface area contributed by atoms with Gasteiger partial charge < -0.3 is 4.90 Å². The number of carbonyl (C=O) groups is 2. The van der Waals surface area contributed by atoms with Gasteiger partial charge in [-0.25, -0.2) is 0 Å². The Kier molecular flexibility index (Phi) is 1.69. The lowest BCUT2D eigenvalue weighted by Gasteiger charge is -2.18. The molecule has 0 bridgehead atoms. The van der Waals surface area contributed by atoms with Crippen molar-refractivity contribution in [2.45, 2.75) is 6.42 Å². The Balaban J connectivity index is 1.87. The Labute approximate surface area is 87.7 Å². The summed E-state index contributed by atoms with van der Waals surface area (Å²) < 4.78 is 0. The highest BCUT2D eigenvalue weighted by atomic mass is 16.2. The molecule has 2 aliphatic rings. The number of amides is 1. The van der Waals surface area contributed by atoms with E-state index in [4.69, 9.17) is 0 Å². The molecule has 1 aromatic rings. The van der Waals surface area contributed by atoms with Gasteiger partial charge in [-0.3, -0.25) is 9.59 Å². The van der Waals surface area contributed by atoms with Gasteiger partial charge in [0.1, 0.15) is 6.29 Å². The minimum Gasteiger partial charge on any atom is -0.312 e. The summed E-state index contributed by atoms with van der Waals surface area (Å²) in [6.45, 7) is 0.851. The van der Waals surface area contributed by atoms with Crippen molar-refractivity contribution in [1.82, 2.24) is 0 Å². The number of anilines is 1. The van der Waals surface area contributed by atoms with Gasteiger partial charge in [0, 0.05) is 23.7 Å². The molecule has 0 spiro atoms. The summed E-state index contributed by atoms with van der Waals surface area (Å²) in [5.74, 6) is 1.12. The Morgan fingerprint density at radius 1 is 1.27 bits per heavy atom. The van der Waals surface area contributed by atoms with Crippen LogP contribution in [0.2, 0.25) is 0 Å². The van der Waals surface area contributed by atoms with Crippen LogP contribution in [-0.2, 0) is 4.79 Å². The van der Waals surface area contributed by atoms with Gasteiger partial charge >= 0.3 is 0 Å². The maximum absolute atomic E-state index is 11.8. The fourth-order valence-corrected chi connectivity index (χ4v) is 2.24. The molecule has 1 aliphatic carbocycles. The number of hydrogen-bond acceptors (Lipinski definition) is 2. The summed E-state index contributed by atoms with van der Waals surface area (Å²) in [5.41, 5.74) is 1.56. The van der Waals surface area contributed by atoms with Crippen LogP contribution in [0.1, 0.15) is 16.8 Å². The standard InChI is InChI=1S/C12H11NO2/c14-7-8-1-3-10(4-2-8)13-6-9-5-11(9)12(13)15/h1-4,7,9,11H,5-6H2. The molecule has 1 saturated carbocycles. The van der Waals surface area contributed by atoms with E-state index in [1.54, 1.807) is 12.1 Å². The molecule has 1 amide bonds. The third-order valence-corrected chi connectivity index (χ3v) is 3.26. The van der Waals surface area contributed by atoms with Crippen molar-refractivity contribution in [3.63, 3.8) is 0 Å². The molecule has 1 heterocycles. The summed E-state index contributed by atoms with van der Waals surface area (Å²) in [5, 5.41) is 0. The number of carbonyl (C=O) groups excluding carboxylic acids is 2. The average Bonchev–Trinajstić information content (AvgIpc) is 2.98. The van der Waals surface area contributed by atoms with E-state index in [0.717, 1.165) is 24.9 Å². The van der Waals surface area contributed by atoms with Crippen molar-refractivity contribution < 1.29 is 9.59 Å². The van der Waals surface area contributed by atoms with Crippen molar-refractivity contribution in [2.75, 3.05) is 11.4 Å². The highest BCUT2D eigenvalue weighted by molar-refractivity contribution is 6.00. The first-order valence-electron chi connectivity index (χ1n) is 5.16. The summed E-state index contributed by atoms with van der Waals surface area (Å²) in [6.07, 6.45) is 1.88. The van der Waals surface area contributed by atoms with E-state index in [0.29, 0.717) is 11.5 Å². The minimum atomic E-state index is 0.249. The van der Waals surface area contributed by atoms with Crippen LogP contribution >= 0.6 is 0 Å². The zero-order valence-electron chi connectivity index (χ0n) is 8.22. The normalized spacial score (nSPS) is 27.7. The first kappa shape index (κ1) is 8.65. The summed E-state index contributed by atoms with van der Waals surface area (Å²) >= 11 is 0. The first-order valence-corrected chi connectivity index (χ1v) is 5.16. The summed E-state index contributed by atoms with van der Waals surface area (Å²) in [6, 6.07) is 7.18. The zero-order chi connectivity index (χ0) is 10.4. The van der Waals surface area contributed by atoms with Gasteiger partial charge in [-0.2, -0.15) is 0 Å². The fourth-order valence-electron chi connectivity index (χ4n) is 2.24. The number of rotatable bonds is 2. The summed E-state index contributed by atoms with van der Waals surface area (Å²) in [4.78, 5) is 24.1. The molecule has 1 aliphatic heterocycles. The predicted octanol–water partition coefficient (Wildman–Crippen LogP) is 1.48. The maximum Gasteiger partial charge on any atom is 0.230 e. The number of piperidine rings is 1. The van der Waals surface area contributed by atoms with E-state index in [1.165, 1.54) is 0 Å². The Bertz CT molecular complexity index is 424. The number of benzene rings is 1.